The van der Waals surface area contributed by atoms with E-state index in [-0.39, 0.29) is 17.8 Å². The van der Waals surface area contributed by atoms with Gasteiger partial charge in [0, 0.05) is 18.5 Å². The quantitative estimate of drug-likeness (QED) is 0.848. The van der Waals surface area contributed by atoms with Crippen molar-refractivity contribution < 1.29 is 13.9 Å². The maximum absolute atomic E-state index is 13.3. The normalized spacial score (nSPS) is 23.4. The number of hydrogen-bond acceptors (Lipinski definition) is 3. The van der Waals surface area contributed by atoms with Gasteiger partial charge in [-0.15, -0.1) is 0 Å². The van der Waals surface area contributed by atoms with E-state index in [9.17, 15) is 9.18 Å². The number of carbonyl (C=O) groups excluding carboxylic acids is 1. The Hall–Kier alpha value is -1.88. The summed E-state index contributed by atoms with van der Waals surface area (Å²) >= 11 is 1.65. The van der Waals surface area contributed by atoms with E-state index in [1.165, 1.54) is 17.7 Å². The van der Waals surface area contributed by atoms with E-state index in [1.807, 2.05) is 10.3 Å². The third-order valence-corrected chi connectivity index (χ3v) is 5.14. The fourth-order valence-electron chi connectivity index (χ4n) is 3.38. The second-order valence-corrected chi connectivity index (χ2v) is 6.59. The van der Waals surface area contributed by atoms with E-state index in [4.69, 9.17) is 4.74 Å². The van der Waals surface area contributed by atoms with E-state index >= 15 is 0 Å². The molecule has 0 bridgehead atoms. The maximum atomic E-state index is 13.3. The molecule has 2 aliphatic rings. The van der Waals surface area contributed by atoms with E-state index in [2.05, 4.69) is 11.4 Å². The number of benzene rings is 1. The Labute approximate surface area is 132 Å². The van der Waals surface area contributed by atoms with E-state index in [1.54, 1.807) is 17.4 Å². The molecular formula is C17H16FNO2S. The summed E-state index contributed by atoms with van der Waals surface area (Å²) in [5.74, 6) is 0.365. The van der Waals surface area contributed by atoms with Crippen molar-refractivity contribution in [3.63, 3.8) is 0 Å². The first-order chi connectivity index (χ1) is 10.7. The number of nitrogens with zero attached hydrogens (tertiary/aromatic N) is 1. The van der Waals surface area contributed by atoms with Gasteiger partial charge in [-0.2, -0.15) is 11.3 Å². The molecule has 0 aliphatic carbocycles. The van der Waals surface area contributed by atoms with Crippen molar-refractivity contribution in [1.82, 2.24) is 4.90 Å². The molecule has 114 valence electrons. The SMILES string of the molecule is O=C([C@H]1Cc2cc(F)ccc2O1)N1CCC[C@@H]1c1ccsc1. The summed E-state index contributed by atoms with van der Waals surface area (Å²) in [7, 11) is 0. The van der Waals surface area contributed by atoms with Gasteiger partial charge in [-0.1, -0.05) is 0 Å². The van der Waals surface area contributed by atoms with Gasteiger partial charge < -0.3 is 9.64 Å². The van der Waals surface area contributed by atoms with Gasteiger partial charge in [-0.3, -0.25) is 4.79 Å². The van der Waals surface area contributed by atoms with Gasteiger partial charge in [0.1, 0.15) is 11.6 Å². The minimum absolute atomic E-state index is 0.0188. The molecule has 4 rings (SSSR count). The lowest BCUT2D eigenvalue weighted by Gasteiger charge is -2.26. The first kappa shape index (κ1) is 13.8. The summed E-state index contributed by atoms with van der Waals surface area (Å²) < 4.78 is 19.0. The van der Waals surface area contributed by atoms with Crippen LogP contribution in [-0.4, -0.2) is 23.5 Å². The molecule has 2 aliphatic heterocycles. The minimum atomic E-state index is -0.518. The number of fused-ring (bicyclic) bond motifs is 1. The van der Waals surface area contributed by atoms with E-state index < -0.39 is 6.10 Å². The van der Waals surface area contributed by atoms with Crippen LogP contribution in [0.25, 0.3) is 0 Å². The fourth-order valence-corrected chi connectivity index (χ4v) is 4.09. The summed E-state index contributed by atoms with van der Waals surface area (Å²) in [6.45, 7) is 0.768. The molecule has 3 heterocycles. The smallest absolute Gasteiger partial charge is 0.264 e. The molecule has 1 aromatic carbocycles. The van der Waals surface area contributed by atoms with Gasteiger partial charge in [0.2, 0.25) is 0 Å². The van der Waals surface area contributed by atoms with Gasteiger partial charge in [0.25, 0.3) is 5.91 Å². The summed E-state index contributed by atoms with van der Waals surface area (Å²) in [5, 5.41) is 4.15. The molecular weight excluding hydrogens is 301 g/mol. The van der Waals surface area contributed by atoms with Crippen molar-refractivity contribution in [2.24, 2.45) is 0 Å². The predicted octanol–water partition coefficient (Wildman–Crippen LogP) is 3.55. The summed E-state index contributed by atoms with van der Waals surface area (Å²) in [6, 6.07) is 6.68. The molecule has 0 radical (unpaired) electrons. The minimum Gasteiger partial charge on any atom is -0.480 e. The van der Waals surface area contributed by atoms with Gasteiger partial charge in [-0.05, 0) is 53.4 Å². The molecule has 1 fully saturated rings. The zero-order chi connectivity index (χ0) is 15.1. The Morgan fingerprint density at radius 2 is 2.27 bits per heavy atom. The van der Waals surface area contributed by atoms with Crippen LogP contribution in [0.3, 0.4) is 0 Å². The average molecular weight is 317 g/mol. The second kappa shape index (κ2) is 5.39. The van der Waals surface area contributed by atoms with Crippen molar-refractivity contribution >= 4 is 17.2 Å². The lowest BCUT2D eigenvalue weighted by molar-refractivity contribution is -0.138. The predicted molar refractivity (Wildman–Crippen MR) is 82.5 cm³/mol. The number of amides is 1. The molecule has 0 N–H and O–H groups in total. The number of rotatable bonds is 2. The first-order valence-electron chi connectivity index (χ1n) is 7.50. The van der Waals surface area contributed by atoms with E-state index in [0.717, 1.165) is 24.9 Å². The van der Waals surface area contributed by atoms with Crippen molar-refractivity contribution in [2.45, 2.75) is 31.4 Å². The van der Waals surface area contributed by atoms with Gasteiger partial charge in [-0.25, -0.2) is 4.39 Å². The number of halogens is 1. The number of hydrogen-bond donors (Lipinski definition) is 0. The van der Waals surface area contributed by atoms with Crippen LogP contribution < -0.4 is 4.74 Å². The van der Waals surface area contributed by atoms with Crippen LogP contribution in [-0.2, 0) is 11.2 Å². The molecule has 1 amide bonds. The zero-order valence-electron chi connectivity index (χ0n) is 12.0. The number of ether oxygens (including phenoxy) is 1. The lowest BCUT2D eigenvalue weighted by Crippen LogP contribution is -2.40. The molecule has 5 heteroatoms. The van der Waals surface area contributed by atoms with Crippen molar-refractivity contribution in [2.75, 3.05) is 6.54 Å². The second-order valence-electron chi connectivity index (χ2n) is 5.81. The molecule has 0 saturated carbocycles. The topological polar surface area (TPSA) is 29.5 Å². The highest BCUT2D eigenvalue weighted by Crippen LogP contribution is 2.36. The highest BCUT2D eigenvalue weighted by Gasteiger charge is 2.38. The van der Waals surface area contributed by atoms with Crippen LogP contribution in [0.2, 0.25) is 0 Å². The Bertz CT molecular complexity index is 701. The molecule has 1 saturated heterocycles. The Morgan fingerprint density at radius 1 is 1.36 bits per heavy atom. The molecule has 2 aromatic rings. The highest BCUT2D eigenvalue weighted by molar-refractivity contribution is 7.07. The van der Waals surface area contributed by atoms with Crippen LogP contribution >= 0.6 is 11.3 Å². The molecule has 22 heavy (non-hydrogen) atoms. The summed E-state index contributed by atoms with van der Waals surface area (Å²) in [4.78, 5) is 14.7. The lowest BCUT2D eigenvalue weighted by atomic mass is 10.1. The number of carbonyl (C=O) groups is 1. The van der Waals surface area contributed by atoms with E-state index in [0.29, 0.717) is 12.2 Å². The Morgan fingerprint density at radius 3 is 3.09 bits per heavy atom. The number of thiophene rings is 1. The van der Waals surface area contributed by atoms with Gasteiger partial charge in [0.15, 0.2) is 6.10 Å². The largest absolute Gasteiger partial charge is 0.480 e. The van der Waals surface area contributed by atoms with Gasteiger partial charge in [0.05, 0.1) is 6.04 Å². The van der Waals surface area contributed by atoms with Crippen molar-refractivity contribution in [3.05, 3.63) is 52.0 Å². The molecule has 0 unspecified atom stereocenters. The first-order valence-corrected chi connectivity index (χ1v) is 8.44. The fraction of sp³-hybridized carbons (Fsp3) is 0.353. The Kier molecular flexibility index (Phi) is 3.37. The van der Waals surface area contributed by atoms with Gasteiger partial charge >= 0.3 is 0 Å². The van der Waals surface area contributed by atoms with Crippen LogP contribution in [0, 0.1) is 5.82 Å². The van der Waals surface area contributed by atoms with Crippen molar-refractivity contribution in [3.8, 4) is 5.75 Å². The molecule has 3 nitrogen and oxygen atoms in total. The average Bonchev–Trinajstić information content (AvgIpc) is 3.24. The monoisotopic (exact) mass is 317 g/mol. The van der Waals surface area contributed by atoms with Crippen LogP contribution in [0.1, 0.15) is 30.0 Å². The highest BCUT2D eigenvalue weighted by atomic mass is 32.1. The van der Waals surface area contributed by atoms with Crippen LogP contribution in [0.4, 0.5) is 4.39 Å². The maximum Gasteiger partial charge on any atom is 0.264 e. The zero-order valence-corrected chi connectivity index (χ0v) is 12.8. The summed E-state index contributed by atoms with van der Waals surface area (Å²) in [6.07, 6.45) is 1.95. The van der Waals surface area contributed by atoms with Crippen LogP contribution in [0.5, 0.6) is 5.75 Å². The molecule has 2 atom stereocenters. The standard InChI is InChI=1S/C17H16FNO2S/c18-13-3-4-15-12(8-13)9-16(21-15)17(20)19-6-1-2-14(19)11-5-7-22-10-11/h3-5,7-8,10,14,16H,1-2,6,9H2/t14-,16-/m1/s1. The third kappa shape index (κ3) is 2.29. The molecule has 1 aromatic heterocycles. The third-order valence-electron chi connectivity index (χ3n) is 4.44. The molecule has 0 spiro atoms. The van der Waals surface area contributed by atoms with Crippen molar-refractivity contribution in [1.29, 1.82) is 0 Å². The van der Waals surface area contributed by atoms with Crippen LogP contribution in [0.15, 0.2) is 35.0 Å². The number of likely N-dealkylation sites (tertiary alicyclic amines) is 1. The summed E-state index contributed by atoms with van der Waals surface area (Å²) in [5.41, 5.74) is 1.99. The Balaban J connectivity index is 1.53.